The molecule has 1 fully saturated rings. The van der Waals surface area contributed by atoms with Crippen LogP contribution in [0.5, 0.6) is 0 Å². The van der Waals surface area contributed by atoms with Crippen molar-refractivity contribution < 1.29 is 27.7 Å². The van der Waals surface area contributed by atoms with Crippen LogP contribution in [-0.4, -0.2) is 55.4 Å². The van der Waals surface area contributed by atoms with Crippen LogP contribution in [0.25, 0.3) is 0 Å². The van der Waals surface area contributed by atoms with Crippen LogP contribution in [0, 0.1) is 10.1 Å². The van der Waals surface area contributed by atoms with Gasteiger partial charge in [-0.2, -0.15) is 4.31 Å². The van der Waals surface area contributed by atoms with Crippen molar-refractivity contribution in [2.24, 2.45) is 0 Å². The number of carbonyl (C=O) groups is 2. The molecule has 32 heavy (non-hydrogen) atoms. The molecular weight excluding hydrogens is 464 g/mol. The minimum Gasteiger partial charge on any atom is -0.359 e. The Morgan fingerprint density at radius 3 is 2.34 bits per heavy atom. The first kappa shape index (κ1) is 23.6. The molecule has 0 spiro atoms. The van der Waals surface area contributed by atoms with Crippen LogP contribution >= 0.6 is 11.6 Å². The number of nitro benzene ring substituents is 1. The Morgan fingerprint density at radius 1 is 1.09 bits per heavy atom. The highest BCUT2D eigenvalue weighted by Gasteiger charge is 2.36. The molecule has 2 aromatic rings. The summed E-state index contributed by atoms with van der Waals surface area (Å²) < 4.78 is 32.1. The van der Waals surface area contributed by atoms with Gasteiger partial charge in [0, 0.05) is 30.2 Å². The minimum atomic E-state index is -4.03. The number of halogens is 1. The summed E-state index contributed by atoms with van der Waals surface area (Å²) in [6.07, 6.45) is -1.02. The largest absolute Gasteiger partial charge is 0.359 e. The average Bonchev–Trinajstić information content (AvgIpc) is 3.26. The first-order valence-corrected chi connectivity index (χ1v) is 11.2. The number of amides is 2. The lowest BCUT2D eigenvalue weighted by molar-refractivity contribution is -0.384. The first-order valence-electron chi connectivity index (χ1n) is 9.37. The third-order valence-corrected chi connectivity index (χ3v) is 6.76. The predicted molar refractivity (Wildman–Crippen MR) is 113 cm³/mol. The maximum Gasteiger partial charge on any atom is 0.309 e. The zero-order valence-electron chi connectivity index (χ0n) is 16.6. The second-order valence-corrected chi connectivity index (χ2v) is 9.04. The van der Waals surface area contributed by atoms with Gasteiger partial charge in [0.15, 0.2) is 0 Å². The molecule has 0 aliphatic carbocycles. The van der Waals surface area contributed by atoms with Gasteiger partial charge in [-0.25, -0.2) is 8.42 Å². The maximum absolute atomic E-state index is 12.9. The number of non-ortho nitro benzene ring substituents is 1. The Bertz CT molecular complexity index is 1110. The van der Waals surface area contributed by atoms with Crippen molar-refractivity contribution in [3.8, 4) is 0 Å². The van der Waals surface area contributed by atoms with Gasteiger partial charge in [0.25, 0.3) is 5.69 Å². The van der Waals surface area contributed by atoms with Crippen LogP contribution in [0.4, 0.5) is 5.69 Å². The van der Waals surface area contributed by atoms with E-state index in [0.717, 1.165) is 34.1 Å². The average molecular weight is 483 g/mol. The van der Waals surface area contributed by atoms with E-state index < -0.39 is 33.0 Å². The summed E-state index contributed by atoms with van der Waals surface area (Å²) in [4.78, 5) is 34.1. The van der Waals surface area contributed by atoms with Crippen molar-refractivity contribution in [2.75, 3.05) is 19.7 Å². The fourth-order valence-electron chi connectivity index (χ4n) is 2.94. The molecular formula is C19H19ClN4O7S. The van der Waals surface area contributed by atoms with Crippen LogP contribution in [0.15, 0.2) is 53.4 Å². The van der Waals surface area contributed by atoms with Gasteiger partial charge in [-0.1, -0.05) is 23.7 Å². The van der Waals surface area contributed by atoms with Crippen molar-refractivity contribution in [3.63, 3.8) is 0 Å². The lowest BCUT2D eigenvalue weighted by atomic mass is 10.2. The van der Waals surface area contributed by atoms with E-state index in [0.29, 0.717) is 5.02 Å². The molecule has 13 heteroatoms. The van der Waals surface area contributed by atoms with Gasteiger partial charge in [0.05, 0.1) is 23.0 Å². The van der Waals surface area contributed by atoms with Crippen LogP contribution in [-0.2, 0) is 30.9 Å². The summed E-state index contributed by atoms with van der Waals surface area (Å²) in [5.41, 5.74) is 0.505. The van der Waals surface area contributed by atoms with Crippen molar-refractivity contribution >= 4 is 39.1 Å². The molecule has 2 amide bonds. The highest BCUT2D eigenvalue weighted by atomic mass is 35.5. The van der Waals surface area contributed by atoms with Gasteiger partial charge in [0.2, 0.25) is 10.0 Å². The molecule has 170 valence electrons. The van der Waals surface area contributed by atoms with Crippen molar-refractivity contribution in [2.45, 2.75) is 17.7 Å². The molecule has 0 saturated carbocycles. The van der Waals surface area contributed by atoms with Crippen molar-refractivity contribution in [3.05, 3.63) is 69.2 Å². The fraction of sp³-hybridized carbons (Fsp3) is 0.263. The van der Waals surface area contributed by atoms with E-state index in [-0.39, 0.29) is 36.8 Å². The number of nitrogens with one attached hydrogen (secondary N) is 2. The second-order valence-electron chi connectivity index (χ2n) is 6.71. The molecule has 3 rings (SSSR count). The quantitative estimate of drug-likeness (QED) is 0.340. The van der Waals surface area contributed by atoms with E-state index >= 15 is 0 Å². The number of benzene rings is 2. The van der Waals surface area contributed by atoms with Crippen LogP contribution in [0.1, 0.15) is 5.56 Å². The first-order chi connectivity index (χ1) is 15.2. The molecule has 0 unspecified atom stereocenters. The Labute approximate surface area is 188 Å². The molecule has 2 N–H and O–H groups in total. The fourth-order valence-corrected chi connectivity index (χ4v) is 4.58. The summed E-state index contributed by atoms with van der Waals surface area (Å²) in [6, 6.07) is 11.1. The molecule has 11 nitrogen and oxygen atoms in total. The molecule has 1 atom stereocenters. The zero-order chi connectivity index (χ0) is 23.3. The van der Waals surface area contributed by atoms with Gasteiger partial charge >= 0.3 is 11.8 Å². The van der Waals surface area contributed by atoms with Crippen LogP contribution < -0.4 is 10.6 Å². The van der Waals surface area contributed by atoms with E-state index in [9.17, 15) is 28.1 Å². The Morgan fingerprint density at radius 2 is 1.72 bits per heavy atom. The van der Waals surface area contributed by atoms with E-state index in [1.54, 1.807) is 24.3 Å². The number of hydrogen-bond acceptors (Lipinski definition) is 7. The molecule has 1 aliphatic rings. The molecule has 0 aromatic heterocycles. The van der Waals surface area contributed by atoms with Gasteiger partial charge < -0.3 is 15.4 Å². The predicted octanol–water partition coefficient (Wildman–Crippen LogP) is 1.03. The highest BCUT2D eigenvalue weighted by molar-refractivity contribution is 7.89. The standard InChI is InChI=1S/C19H19ClN4O7S/c20-14-3-1-13(2-4-14)11-21-18(25)19(26)22-12-17-23(9-10-31-17)32(29,30)16-7-5-15(6-8-16)24(27)28/h1-8,17H,9-12H2,(H,21,25)(H,22,26)/t17-/m1/s1. The third-order valence-electron chi connectivity index (χ3n) is 4.61. The summed E-state index contributed by atoms with van der Waals surface area (Å²) >= 11 is 5.79. The van der Waals surface area contributed by atoms with E-state index in [2.05, 4.69) is 10.6 Å². The highest BCUT2D eigenvalue weighted by Crippen LogP contribution is 2.24. The molecule has 1 heterocycles. The topological polar surface area (TPSA) is 148 Å². The number of hydrogen-bond donors (Lipinski definition) is 2. The summed E-state index contributed by atoms with van der Waals surface area (Å²) in [7, 11) is -4.03. The van der Waals surface area contributed by atoms with E-state index in [1.807, 2.05) is 0 Å². The Balaban J connectivity index is 1.56. The molecule has 0 bridgehead atoms. The zero-order valence-corrected chi connectivity index (χ0v) is 18.1. The molecule has 0 radical (unpaired) electrons. The number of carbonyl (C=O) groups excluding carboxylic acids is 2. The Hall–Kier alpha value is -3.06. The van der Waals surface area contributed by atoms with Crippen molar-refractivity contribution in [1.29, 1.82) is 0 Å². The van der Waals surface area contributed by atoms with Gasteiger partial charge in [-0.3, -0.25) is 19.7 Å². The number of rotatable bonds is 7. The molecule has 2 aromatic carbocycles. The molecule has 1 aliphatic heterocycles. The van der Waals surface area contributed by atoms with Gasteiger partial charge in [0.1, 0.15) is 6.23 Å². The number of nitrogens with zero attached hydrogens (tertiary/aromatic N) is 2. The smallest absolute Gasteiger partial charge is 0.309 e. The summed E-state index contributed by atoms with van der Waals surface area (Å²) in [5.74, 6) is -1.83. The van der Waals surface area contributed by atoms with Crippen molar-refractivity contribution in [1.82, 2.24) is 14.9 Å². The number of ether oxygens (including phenoxy) is 1. The summed E-state index contributed by atoms with van der Waals surface area (Å²) in [5, 5.41) is 16.1. The van der Waals surface area contributed by atoms with Crippen LogP contribution in [0.2, 0.25) is 5.02 Å². The van der Waals surface area contributed by atoms with Gasteiger partial charge in [-0.15, -0.1) is 0 Å². The van der Waals surface area contributed by atoms with E-state index in [4.69, 9.17) is 16.3 Å². The second kappa shape index (κ2) is 10.0. The number of nitro groups is 1. The lowest BCUT2D eigenvalue weighted by Gasteiger charge is -2.22. The minimum absolute atomic E-state index is 0.0304. The monoisotopic (exact) mass is 482 g/mol. The molecule has 1 saturated heterocycles. The van der Waals surface area contributed by atoms with Crippen LogP contribution in [0.3, 0.4) is 0 Å². The lowest BCUT2D eigenvalue weighted by Crippen LogP contribution is -2.47. The van der Waals surface area contributed by atoms with Gasteiger partial charge in [-0.05, 0) is 29.8 Å². The maximum atomic E-state index is 12.9. The SMILES string of the molecule is O=C(NCc1ccc(Cl)cc1)C(=O)NC[C@H]1OCCN1S(=O)(=O)c1ccc([N+](=O)[O-])cc1. The third kappa shape index (κ3) is 5.59. The van der Waals surface area contributed by atoms with E-state index in [1.165, 1.54) is 0 Å². The Kier molecular flexibility index (Phi) is 7.40. The summed E-state index contributed by atoms with van der Waals surface area (Å²) in [6.45, 7) is -0.0124. The number of sulfonamides is 1. The normalized spacial score (nSPS) is 16.5.